The molecule has 106 valence electrons. The summed E-state index contributed by atoms with van der Waals surface area (Å²) in [6, 6.07) is 4.75. The first-order chi connectivity index (χ1) is 9.12. The zero-order chi connectivity index (χ0) is 14.3. The van der Waals surface area contributed by atoms with E-state index in [0.29, 0.717) is 24.6 Å². The maximum Gasteiger partial charge on any atom is 0.337 e. The smallest absolute Gasteiger partial charge is 0.337 e. The minimum Gasteiger partial charge on any atom is -0.497 e. The molecule has 1 atom stereocenters. The van der Waals surface area contributed by atoms with Gasteiger partial charge in [-0.15, -0.1) is 0 Å². The minimum atomic E-state index is -0.995. The molecule has 0 saturated carbocycles. The van der Waals surface area contributed by atoms with Crippen LogP contribution in [0.15, 0.2) is 18.2 Å². The number of anilines is 1. The predicted octanol–water partition coefficient (Wildman–Crippen LogP) is 1.47. The lowest BCUT2D eigenvalue weighted by molar-refractivity contribution is 0.0365. The topological polar surface area (TPSA) is 77.0 Å². The standard InChI is InChI=1S/C13H19NO5/c1-17-8-10(19-3)7-14-12-6-9(18-2)4-5-11(12)13(15)16/h4-6,10,14H,7-8H2,1-3H3,(H,15,16). The van der Waals surface area contributed by atoms with Crippen molar-refractivity contribution in [1.29, 1.82) is 0 Å². The van der Waals surface area contributed by atoms with Crippen molar-refractivity contribution in [2.75, 3.05) is 39.8 Å². The van der Waals surface area contributed by atoms with Crippen LogP contribution in [-0.4, -0.2) is 51.7 Å². The number of rotatable bonds is 8. The molecule has 0 bridgehead atoms. The Balaban J connectivity index is 2.82. The van der Waals surface area contributed by atoms with Crippen LogP contribution in [0, 0.1) is 0 Å². The van der Waals surface area contributed by atoms with Crippen LogP contribution in [0.3, 0.4) is 0 Å². The highest BCUT2D eigenvalue weighted by Gasteiger charge is 2.13. The lowest BCUT2D eigenvalue weighted by Gasteiger charge is -2.17. The molecule has 1 aromatic carbocycles. The third kappa shape index (κ3) is 4.42. The van der Waals surface area contributed by atoms with Crippen LogP contribution < -0.4 is 10.1 Å². The molecular weight excluding hydrogens is 250 g/mol. The van der Waals surface area contributed by atoms with Crippen LogP contribution in [0.1, 0.15) is 10.4 Å². The van der Waals surface area contributed by atoms with E-state index in [2.05, 4.69) is 5.32 Å². The fourth-order valence-electron chi connectivity index (χ4n) is 1.60. The molecule has 0 aromatic heterocycles. The van der Waals surface area contributed by atoms with Gasteiger partial charge in [0.15, 0.2) is 0 Å². The molecule has 6 nitrogen and oxygen atoms in total. The van der Waals surface area contributed by atoms with E-state index in [9.17, 15) is 4.79 Å². The molecule has 19 heavy (non-hydrogen) atoms. The van der Waals surface area contributed by atoms with Gasteiger partial charge < -0.3 is 24.6 Å². The second-order valence-electron chi connectivity index (χ2n) is 3.91. The summed E-state index contributed by atoms with van der Waals surface area (Å²) in [5.74, 6) is -0.404. The fraction of sp³-hybridized carbons (Fsp3) is 0.462. The maximum absolute atomic E-state index is 11.1. The Hall–Kier alpha value is -1.79. The number of benzene rings is 1. The molecule has 1 unspecified atom stereocenters. The number of carboxylic acid groups (broad SMARTS) is 1. The maximum atomic E-state index is 11.1. The SMILES string of the molecule is COCC(CNc1cc(OC)ccc1C(=O)O)OC. The van der Waals surface area contributed by atoms with Crippen LogP contribution in [0.25, 0.3) is 0 Å². The molecule has 0 heterocycles. The Kier molecular flexibility index (Phi) is 6.11. The number of ether oxygens (including phenoxy) is 3. The summed E-state index contributed by atoms with van der Waals surface area (Å²) in [7, 11) is 4.69. The molecule has 2 N–H and O–H groups in total. The van der Waals surface area contributed by atoms with E-state index in [1.807, 2.05) is 0 Å². The Labute approximate surface area is 112 Å². The Morgan fingerprint density at radius 3 is 2.63 bits per heavy atom. The van der Waals surface area contributed by atoms with Crippen molar-refractivity contribution < 1.29 is 24.1 Å². The molecule has 0 aliphatic heterocycles. The molecule has 1 rings (SSSR count). The van der Waals surface area contributed by atoms with Crippen molar-refractivity contribution in [3.05, 3.63) is 23.8 Å². The van der Waals surface area contributed by atoms with E-state index < -0.39 is 5.97 Å². The number of methoxy groups -OCH3 is 3. The zero-order valence-electron chi connectivity index (χ0n) is 11.3. The van der Waals surface area contributed by atoms with Crippen LogP contribution in [-0.2, 0) is 9.47 Å². The number of aromatic carboxylic acids is 1. The number of carbonyl (C=O) groups is 1. The lowest BCUT2D eigenvalue weighted by atomic mass is 10.1. The van der Waals surface area contributed by atoms with Gasteiger partial charge in [-0.3, -0.25) is 0 Å². The highest BCUT2D eigenvalue weighted by Crippen LogP contribution is 2.22. The quantitative estimate of drug-likeness (QED) is 0.744. The Morgan fingerprint density at radius 2 is 2.11 bits per heavy atom. The molecule has 6 heteroatoms. The molecule has 0 saturated heterocycles. The van der Waals surface area contributed by atoms with Crippen molar-refractivity contribution in [2.24, 2.45) is 0 Å². The van der Waals surface area contributed by atoms with Crippen LogP contribution >= 0.6 is 0 Å². The molecule has 0 radical (unpaired) electrons. The van der Waals surface area contributed by atoms with Gasteiger partial charge in [0, 0.05) is 26.8 Å². The van der Waals surface area contributed by atoms with E-state index in [4.69, 9.17) is 19.3 Å². The van der Waals surface area contributed by atoms with Crippen LogP contribution in [0.2, 0.25) is 0 Å². The lowest BCUT2D eigenvalue weighted by Crippen LogP contribution is -2.27. The largest absolute Gasteiger partial charge is 0.497 e. The molecule has 0 spiro atoms. The fourth-order valence-corrected chi connectivity index (χ4v) is 1.60. The van der Waals surface area contributed by atoms with E-state index in [1.165, 1.54) is 13.2 Å². The highest BCUT2D eigenvalue weighted by atomic mass is 16.5. The van der Waals surface area contributed by atoms with E-state index >= 15 is 0 Å². The normalized spacial score (nSPS) is 11.9. The van der Waals surface area contributed by atoms with Gasteiger partial charge in [-0.1, -0.05) is 0 Å². The third-order valence-electron chi connectivity index (χ3n) is 2.66. The highest BCUT2D eigenvalue weighted by molar-refractivity contribution is 5.94. The van der Waals surface area contributed by atoms with Gasteiger partial charge in [-0.2, -0.15) is 0 Å². The zero-order valence-corrected chi connectivity index (χ0v) is 11.3. The van der Waals surface area contributed by atoms with Crippen molar-refractivity contribution in [1.82, 2.24) is 0 Å². The number of carboxylic acids is 1. The third-order valence-corrected chi connectivity index (χ3v) is 2.66. The number of nitrogens with one attached hydrogen (secondary N) is 1. The minimum absolute atomic E-state index is 0.155. The molecule has 0 fully saturated rings. The monoisotopic (exact) mass is 269 g/mol. The second-order valence-corrected chi connectivity index (χ2v) is 3.91. The first kappa shape index (κ1) is 15.3. The summed E-state index contributed by atoms with van der Waals surface area (Å²) < 4.78 is 15.3. The Morgan fingerprint density at radius 1 is 1.37 bits per heavy atom. The molecule has 0 aliphatic carbocycles. The number of hydrogen-bond donors (Lipinski definition) is 2. The predicted molar refractivity (Wildman–Crippen MR) is 71.1 cm³/mol. The van der Waals surface area contributed by atoms with E-state index in [-0.39, 0.29) is 11.7 Å². The summed E-state index contributed by atoms with van der Waals surface area (Å²) in [4.78, 5) is 11.1. The van der Waals surface area contributed by atoms with Gasteiger partial charge >= 0.3 is 5.97 Å². The average Bonchev–Trinajstić information content (AvgIpc) is 2.42. The first-order valence-corrected chi connectivity index (χ1v) is 5.79. The van der Waals surface area contributed by atoms with Crippen molar-refractivity contribution in [3.63, 3.8) is 0 Å². The van der Waals surface area contributed by atoms with Gasteiger partial charge in [-0.25, -0.2) is 4.79 Å². The second kappa shape index (κ2) is 7.60. The average molecular weight is 269 g/mol. The Bertz CT molecular complexity index is 421. The van der Waals surface area contributed by atoms with Gasteiger partial charge in [-0.05, 0) is 12.1 Å². The molecule has 1 aromatic rings. The summed E-state index contributed by atoms with van der Waals surface area (Å²) in [6.45, 7) is 0.869. The van der Waals surface area contributed by atoms with E-state index in [0.717, 1.165) is 0 Å². The van der Waals surface area contributed by atoms with Crippen LogP contribution in [0.4, 0.5) is 5.69 Å². The summed E-state index contributed by atoms with van der Waals surface area (Å²) in [5.41, 5.74) is 0.679. The first-order valence-electron chi connectivity index (χ1n) is 5.79. The van der Waals surface area contributed by atoms with Crippen LogP contribution in [0.5, 0.6) is 5.75 Å². The summed E-state index contributed by atoms with van der Waals surface area (Å²) >= 11 is 0. The van der Waals surface area contributed by atoms with Crippen molar-refractivity contribution in [2.45, 2.75) is 6.10 Å². The van der Waals surface area contributed by atoms with Crippen molar-refractivity contribution in [3.8, 4) is 5.75 Å². The number of hydrogen-bond acceptors (Lipinski definition) is 5. The molecule has 0 amide bonds. The molecular formula is C13H19NO5. The van der Waals surface area contributed by atoms with Gasteiger partial charge in [0.25, 0.3) is 0 Å². The van der Waals surface area contributed by atoms with Gasteiger partial charge in [0.2, 0.25) is 0 Å². The van der Waals surface area contributed by atoms with Gasteiger partial charge in [0.1, 0.15) is 5.75 Å². The van der Waals surface area contributed by atoms with E-state index in [1.54, 1.807) is 26.4 Å². The van der Waals surface area contributed by atoms with Crippen molar-refractivity contribution >= 4 is 11.7 Å². The molecule has 0 aliphatic rings. The summed E-state index contributed by atoms with van der Waals surface area (Å²) in [5, 5.41) is 12.2. The van der Waals surface area contributed by atoms with Gasteiger partial charge in [0.05, 0.1) is 31.1 Å². The summed E-state index contributed by atoms with van der Waals surface area (Å²) in [6.07, 6.45) is -0.155.